The molecule has 0 aliphatic heterocycles. The van der Waals surface area contributed by atoms with Crippen molar-refractivity contribution in [3.8, 4) is 0 Å². The van der Waals surface area contributed by atoms with Gasteiger partial charge < -0.3 is 5.32 Å². The lowest BCUT2D eigenvalue weighted by molar-refractivity contribution is 0.126. The van der Waals surface area contributed by atoms with E-state index in [2.05, 4.69) is 5.32 Å². The standard InChI is InChI=1S/C13H18F2N2O2S/c1-17(9-13(14)15)20(18,19)12-5-3-2-4-10(12)8-16-11-6-7-11/h2-5,11,13,16H,6-9H2,1H3. The van der Waals surface area contributed by atoms with Gasteiger partial charge in [-0.1, -0.05) is 18.2 Å². The summed E-state index contributed by atoms with van der Waals surface area (Å²) in [6.07, 6.45) is -0.494. The number of benzene rings is 1. The third-order valence-electron chi connectivity index (χ3n) is 3.21. The highest BCUT2D eigenvalue weighted by atomic mass is 32.2. The summed E-state index contributed by atoms with van der Waals surface area (Å²) in [7, 11) is -2.71. The highest BCUT2D eigenvalue weighted by Gasteiger charge is 2.27. The first-order valence-corrected chi connectivity index (χ1v) is 7.91. The van der Waals surface area contributed by atoms with Crippen molar-refractivity contribution < 1.29 is 17.2 Å². The van der Waals surface area contributed by atoms with E-state index in [1.807, 2.05) is 0 Å². The Morgan fingerprint density at radius 1 is 1.35 bits per heavy atom. The van der Waals surface area contributed by atoms with Crippen LogP contribution in [-0.2, 0) is 16.6 Å². The lowest BCUT2D eigenvalue weighted by atomic mass is 10.2. The summed E-state index contributed by atoms with van der Waals surface area (Å²) in [6, 6.07) is 6.96. The van der Waals surface area contributed by atoms with E-state index in [1.165, 1.54) is 13.1 Å². The van der Waals surface area contributed by atoms with Crippen LogP contribution in [0.4, 0.5) is 8.78 Å². The summed E-state index contributed by atoms with van der Waals surface area (Å²) in [5.74, 6) is 0. The van der Waals surface area contributed by atoms with Gasteiger partial charge in [0.15, 0.2) is 0 Å². The summed E-state index contributed by atoms with van der Waals surface area (Å²) in [5.41, 5.74) is 0.612. The Kier molecular flexibility index (Phi) is 4.72. The molecule has 1 aromatic carbocycles. The van der Waals surface area contributed by atoms with Crippen LogP contribution in [0.25, 0.3) is 0 Å². The van der Waals surface area contributed by atoms with Gasteiger partial charge in [-0.25, -0.2) is 17.2 Å². The predicted octanol–water partition coefficient (Wildman–Crippen LogP) is 1.82. The number of halogens is 2. The van der Waals surface area contributed by atoms with E-state index in [0.29, 0.717) is 22.5 Å². The van der Waals surface area contributed by atoms with Gasteiger partial charge in [-0.15, -0.1) is 0 Å². The molecule has 0 radical (unpaired) electrons. The number of nitrogens with one attached hydrogen (secondary N) is 1. The molecule has 0 atom stereocenters. The first-order chi connectivity index (χ1) is 9.41. The van der Waals surface area contributed by atoms with Crippen LogP contribution < -0.4 is 5.32 Å². The van der Waals surface area contributed by atoms with Gasteiger partial charge in [0.2, 0.25) is 10.0 Å². The van der Waals surface area contributed by atoms with Crippen molar-refractivity contribution in [2.75, 3.05) is 13.6 Å². The molecule has 1 N–H and O–H groups in total. The van der Waals surface area contributed by atoms with Crippen molar-refractivity contribution in [1.29, 1.82) is 0 Å². The maximum atomic E-state index is 12.4. The largest absolute Gasteiger partial charge is 0.310 e. The van der Waals surface area contributed by atoms with Crippen molar-refractivity contribution in [2.24, 2.45) is 0 Å². The minimum atomic E-state index is -3.88. The van der Waals surface area contributed by atoms with Crippen LogP contribution in [0.3, 0.4) is 0 Å². The number of sulfonamides is 1. The molecule has 0 heterocycles. The van der Waals surface area contributed by atoms with Gasteiger partial charge in [-0.05, 0) is 24.5 Å². The van der Waals surface area contributed by atoms with Gasteiger partial charge in [0.05, 0.1) is 11.4 Å². The molecule has 1 aliphatic rings. The molecule has 0 bridgehead atoms. The summed E-state index contributed by atoms with van der Waals surface area (Å²) in [6.45, 7) is -0.366. The summed E-state index contributed by atoms with van der Waals surface area (Å²) >= 11 is 0. The Balaban J connectivity index is 2.20. The number of nitrogens with zero attached hydrogens (tertiary/aromatic N) is 1. The van der Waals surface area contributed by atoms with E-state index in [4.69, 9.17) is 0 Å². The fourth-order valence-corrected chi connectivity index (χ4v) is 3.27. The Bertz CT molecular complexity index is 559. The van der Waals surface area contributed by atoms with Crippen molar-refractivity contribution in [3.63, 3.8) is 0 Å². The molecule has 1 aliphatic carbocycles. The molecule has 2 rings (SSSR count). The van der Waals surface area contributed by atoms with Crippen LogP contribution in [0.2, 0.25) is 0 Å². The molecule has 112 valence electrons. The first-order valence-electron chi connectivity index (χ1n) is 6.47. The van der Waals surface area contributed by atoms with Gasteiger partial charge in [-0.2, -0.15) is 4.31 Å². The minimum absolute atomic E-state index is 0.0938. The molecule has 0 aromatic heterocycles. The number of rotatable bonds is 7. The molecule has 0 saturated heterocycles. The first kappa shape index (κ1) is 15.3. The monoisotopic (exact) mass is 304 g/mol. The van der Waals surface area contributed by atoms with E-state index in [1.54, 1.807) is 18.2 Å². The molecule has 7 heteroatoms. The maximum absolute atomic E-state index is 12.4. The predicted molar refractivity (Wildman–Crippen MR) is 72.1 cm³/mol. The Morgan fingerprint density at radius 2 is 2.00 bits per heavy atom. The van der Waals surface area contributed by atoms with Crippen LogP contribution in [0.5, 0.6) is 0 Å². The van der Waals surface area contributed by atoms with Crippen LogP contribution in [0.1, 0.15) is 18.4 Å². The highest BCUT2D eigenvalue weighted by molar-refractivity contribution is 7.89. The lowest BCUT2D eigenvalue weighted by Gasteiger charge is -2.19. The van der Waals surface area contributed by atoms with Crippen LogP contribution >= 0.6 is 0 Å². The summed E-state index contributed by atoms with van der Waals surface area (Å²) < 4.78 is 50.1. The summed E-state index contributed by atoms with van der Waals surface area (Å²) in [4.78, 5) is 0.0938. The van der Waals surface area contributed by atoms with Crippen molar-refractivity contribution in [1.82, 2.24) is 9.62 Å². The zero-order valence-electron chi connectivity index (χ0n) is 11.2. The number of hydrogen-bond acceptors (Lipinski definition) is 3. The summed E-state index contributed by atoms with van der Waals surface area (Å²) in [5, 5.41) is 3.23. The van der Waals surface area contributed by atoms with Crippen LogP contribution in [0.15, 0.2) is 29.2 Å². The van der Waals surface area contributed by atoms with E-state index in [0.717, 1.165) is 12.8 Å². The fraction of sp³-hybridized carbons (Fsp3) is 0.538. The van der Waals surface area contributed by atoms with E-state index >= 15 is 0 Å². The fourth-order valence-electron chi connectivity index (χ4n) is 1.90. The zero-order chi connectivity index (χ0) is 14.8. The lowest BCUT2D eigenvalue weighted by Crippen LogP contribution is -2.32. The minimum Gasteiger partial charge on any atom is -0.310 e. The average molecular weight is 304 g/mol. The number of alkyl halides is 2. The molecule has 0 amide bonds. The van der Waals surface area contributed by atoms with Crippen LogP contribution in [-0.4, -0.2) is 38.8 Å². The maximum Gasteiger partial charge on any atom is 0.252 e. The third-order valence-corrected chi connectivity index (χ3v) is 5.14. The molecule has 0 unspecified atom stereocenters. The second kappa shape index (κ2) is 6.15. The van der Waals surface area contributed by atoms with Crippen LogP contribution in [0, 0.1) is 0 Å². The second-order valence-electron chi connectivity index (χ2n) is 4.94. The van der Waals surface area contributed by atoms with Crippen molar-refractivity contribution in [3.05, 3.63) is 29.8 Å². The molecule has 0 spiro atoms. The zero-order valence-corrected chi connectivity index (χ0v) is 12.0. The second-order valence-corrected chi connectivity index (χ2v) is 6.95. The van der Waals surface area contributed by atoms with Gasteiger partial charge >= 0.3 is 0 Å². The Hall–Kier alpha value is -1.05. The highest BCUT2D eigenvalue weighted by Crippen LogP contribution is 2.23. The number of hydrogen-bond donors (Lipinski definition) is 1. The van der Waals surface area contributed by atoms with Gasteiger partial charge in [0.25, 0.3) is 6.43 Å². The Morgan fingerprint density at radius 3 is 2.60 bits per heavy atom. The van der Waals surface area contributed by atoms with E-state index in [9.17, 15) is 17.2 Å². The smallest absolute Gasteiger partial charge is 0.252 e. The molecule has 1 fully saturated rings. The van der Waals surface area contributed by atoms with Gasteiger partial charge in [0, 0.05) is 19.6 Å². The molecule has 20 heavy (non-hydrogen) atoms. The normalized spacial score (nSPS) is 16.1. The quantitative estimate of drug-likeness (QED) is 0.836. The molecule has 1 aromatic rings. The third kappa shape index (κ3) is 3.74. The van der Waals surface area contributed by atoms with Crippen molar-refractivity contribution in [2.45, 2.75) is 36.7 Å². The molecule has 1 saturated carbocycles. The molecular formula is C13H18F2N2O2S. The molecular weight excluding hydrogens is 286 g/mol. The van der Waals surface area contributed by atoms with E-state index < -0.39 is 23.0 Å². The average Bonchev–Trinajstić information content (AvgIpc) is 3.20. The topological polar surface area (TPSA) is 49.4 Å². The Labute approximate surface area is 117 Å². The van der Waals surface area contributed by atoms with Crippen molar-refractivity contribution >= 4 is 10.0 Å². The van der Waals surface area contributed by atoms with E-state index in [-0.39, 0.29) is 4.90 Å². The molecule has 4 nitrogen and oxygen atoms in total. The van der Waals surface area contributed by atoms with Gasteiger partial charge in [0.1, 0.15) is 0 Å². The SMILES string of the molecule is CN(CC(F)F)S(=O)(=O)c1ccccc1CNC1CC1. The van der Waals surface area contributed by atoms with Gasteiger partial charge in [-0.3, -0.25) is 0 Å².